The van der Waals surface area contributed by atoms with Crippen LogP contribution in [0.25, 0.3) is 0 Å². The molecule has 0 bridgehead atoms. The largest absolute Gasteiger partial charge is 0.304 e. The molecular formula is C24H49N3. The van der Waals surface area contributed by atoms with E-state index in [1.54, 1.807) is 0 Å². The van der Waals surface area contributed by atoms with Crippen LogP contribution in [0, 0.1) is 16.7 Å². The molecule has 0 amide bonds. The number of rotatable bonds is 6. The Labute approximate surface area is 170 Å². The van der Waals surface area contributed by atoms with Crippen molar-refractivity contribution in [3.05, 3.63) is 0 Å². The summed E-state index contributed by atoms with van der Waals surface area (Å²) in [6.45, 7) is 29.5. The van der Waals surface area contributed by atoms with Crippen molar-refractivity contribution in [2.45, 2.75) is 92.7 Å². The van der Waals surface area contributed by atoms with Gasteiger partial charge in [-0.1, -0.05) is 34.6 Å². The SMILES string of the molecule is CN1CCN(C(C)(C)CC(C)(C)C2CCN(C(C)(C)CC(C)(C)C)C2)CC1. The number of hydrogen-bond acceptors (Lipinski definition) is 3. The van der Waals surface area contributed by atoms with Gasteiger partial charge in [0.25, 0.3) is 0 Å². The molecule has 1 unspecified atom stereocenters. The van der Waals surface area contributed by atoms with Gasteiger partial charge in [-0.05, 0) is 77.3 Å². The molecule has 3 nitrogen and oxygen atoms in total. The van der Waals surface area contributed by atoms with Gasteiger partial charge in [-0.2, -0.15) is 0 Å². The molecule has 0 saturated carbocycles. The summed E-state index contributed by atoms with van der Waals surface area (Å²) in [4.78, 5) is 7.99. The summed E-state index contributed by atoms with van der Waals surface area (Å²) < 4.78 is 0. The molecule has 2 fully saturated rings. The van der Waals surface area contributed by atoms with Crippen LogP contribution in [0.5, 0.6) is 0 Å². The Kier molecular flexibility index (Phi) is 6.82. The third kappa shape index (κ3) is 6.18. The summed E-state index contributed by atoms with van der Waals surface area (Å²) in [6, 6.07) is 0. The molecule has 0 aromatic heterocycles. The minimum absolute atomic E-state index is 0.291. The average molecular weight is 380 g/mol. The van der Waals surface area contributed by atoms with Crippen molar-refractivity contribution < 1.29 is 0 Å². The average Bonchev–Trinajstić information content (AvgIpc) is 2.95. The number of likely N-dealkylation sites (N-methyl/N-ethyl adjacent to an activating group) is 1. The van der Waals surface area contributed by atoms with Crippen LogP contribution in [-0.4, -0.2) is 72.1 Å². The van der Waals surface area contributed by atoms with Crippen LogP contribution in [0.15, 0.2) is 0 Å². The quantitative estimate of drug-likeness (QED) is 0.645. The molecule has 3 heteroatoms. The van der Waals surface area contributed by atoms with Crippen molar-refractivity contribution in [3.8, 4) is 0 Å². The summed E-state index contributed by atoms with van der Waals surface area (Å²) in [5.41, 5.74) is 1.37. The van der Waals surface area contributed by atoms with Crippen molar-refractivity contribution in [1.82, 2.24) is 14.7 Å². The van der Waals surface area contributed by atoms with Gasteiger partial charge in [0.15, 0.2) is 0 Å². The van der Waals surface area contributed by atoms with Gasteiger partial charge in [0, 0.05) is 43.8 Å². The fourth-order valence-electron chi connectivity index (χ4n) is 6.14. The van der Waals surface area contributed by atoms with Crippen LogP contribution < -0.4 is 0 Å². The van der Waals surface area contributed by atoms with E-state index >= 15 is 0 Å². The highest BCUT2D eigenvalue weighted by atomic mass is 15.3. The minimum Gasteiger partial charge on any atom is -0.304 e. The lowest BCUT2D eigenvalue weighted by atomic mass is 9.70. The van der Waals surface area contributed by atoms with Crippen molar-refractivity contribution in [1.29, 1.82) is 0 Å². The summed E-state index contributed by atoms with van der Waals surface area (Å²) >= 11 is 0. The molecule has 0 N–H and O–H groups in total. The topological polar surface area (TPSA) is 9.72 Å². The maximum atomic E-state index is 2.79. The van der Waals surface area contributed by atoms with Crippen LogP contribution in [0.4, 0.5) is 0 Å². The van der Waals surface area contributed by atoms with Gasteiger partial charge >= 0.3 is 0 Å². The number of hydrogen-bond donors (Lipinski definition) is 0. The molecule has 27 heavy (non-hydrogen) atoms. The van der Waals surface area contributed by atoms with Crippen LogP contribution in [0.3, 0.4) is 0 Å². The van der Waals surface area contributed by atoms with E-state index in [2.05, 4.69) is 84.1 Å². The van der Waals surface area contributed by atoms with E-state index in [4.69, 9.17) is 0 Å². The normalized spacial score (nSPS) is 25.3. The lowest BCUT2D eigenvalue weighted by Gasteiger charge is -2.48. The zero-order chi connectivity index (χ0) is 20.7. The van der Waals surface area contributed by atoms with Crippen LogP contribution in [-0.2, 0) is 0 Å². The molecule has 0 aliphatic carbocycles. The fourth-order valence-corrected chi connectivity index (χ4v) is 6.14. The molecule has 2 saturated heterocycles. The second kappa shape index (κ2) is 7.95. The lowest BCUT2D eigenvalue weighted by molar-refractivity contribution is 0.0151. The van der Waals surface area contributed by atoms with Gasteiger partial charge in [-0.15, -0.1) is 0 Å². The third-order valence-corrected chi connectivity index (χ3v) is 7.36. The Morgan fingerprint density at radius 2 is 1.19 bits per heavy atom. The van der Waals surface area contributed by atoms with Gasteiger partial charge < -0.3 is 4.90 Å². The number of likely N-dealkylation sites (tertiary alicyclic amines) is 1. The van der Waals surface area contributed by atoms with E-state index < -0.39 is 0 Å². The lowest BCUT2D eigenvalue weighted by Crippen LogP contribution is -2.55. The Bertz CT molecular complexity index is 478. The molecule has 160 valence electrons. The van der Waals surface area contributed by atoms with Crippen molar-refractivity contribution >= 4 is 0 Å². The molecule has 2 aliphatic rings. The van der Waals surface area contributed by atoms with E-state index in [0.29, 0.717) is 21.9 Å². The van der Waals surface area contributed by atoms with Crippen molar-refractivity contribution in [2.24, 2.45) is 16.7 Å². The monoisotopic (exact) mass is 379 g/mol. The number of nitrogens with zero attached hydrogens (tertiary/aromatic N) is 3. The van der Waals surface area contributed by atoms with E-state index in [0.717, 1.165) is 5.92 Å². The first-order valence-corrected chi connectivity index (χ1v) is 11.3. The number of piperazine rings is 1. The zero-order valence-electron chi connectivity index (χ0n) is 20.3. The second-order valence-electron chi connectivity index (χ2n) is 12.7. The van der Waals surface area contributed by atoms with Crippen molar-refractivity contribution in [2.75, 3.05) is 46.3 Å². The fraction of sp³-hybridized carbons (Fsp3) is 1.00. The maximum absolute atomic E-state index is 2.79. The van der Waals surface area contributed by atoms with E-state index in [9.17, 15) is 0 Å². The van der Waals surface area contributed by atoms with Crippen molar-refractivity contribution in [3.63, 3.8) is 0 Å². The molecule has 0 radical (unpaired) electrons. The minimum atomic E-state index is 0.291. The maximum Gasteiger partial charge on any atom is 0.0159 e. The van der Waals surface area contributed by atoms with Crippen LogP contribution >= 0.6 is 0 Å². The van der Waals surface area contributed by atoms with E-state index in [-0.39, 0.29) is 0 Å². The predicted molar refractivity (Wildman–Crippen MR) is 119 cm³/mol. The molecule has 0 aromatic carbocycles. The highest BCUT2D eigenvalue weighted by molar-refractivity contribution is 4.98. The van der Waals surface area contributed by atoms with Crippen LogP contribution in [0.1, 0.15) is 81.6 Å². The Morgan fingerprint density at radius 1 is 0.667 bits per heavy atom. The zero-order valence-corrected chi connectivity index (χ0v) is 20.3. The molecule has 2 rings (SSSR count). The molecule has 1 atom stereocenters. The van der Waals surface area contributed by atoms with Gasteiger partial charge in [-0.3, -0.25) is 9.80 Å². The summed E-state index contributed by atoms with van der Waals surface area (Å²) in [6.07, 6.45) is 3.92. The predicted octanol–water partition coefficient (Wildman–Crippen LogP) is 4.97. The molecular weight excluding hydrogens is 330 g/mol. The van der Waals surface area contributed by atoms with Gasteiger partial charge in [0.2, 0.25) is 0 Å². The molecule has 0 aromatic rings. The molecule has 2 heterocycles. The summed E-state index contributed by atoms with van der Waals surface area (Å²) in [7, 11) is 2.25. The van der Waals surface area contributed by atoms with E-state index in [1.165, 1.54) is 58.5 Å². The Hall–Kier alpha value is -0.120. The smallest absolute Gasteiger partial charge is 0.0159 e. The van der Waals surface area contributed by atoms with Gasteiger partial charge in [-0.25, -0.2) is 0 Å². The van der Waals surface area contributed by atoms with Crippen LogP contribution in [0.2, 0.25) is 0 Å². The van der Waals surface area contributed by atoms with Gasteiger partial charge in [0.1, 0.15) is 0 Å². The second-order valence-corrected chi connectivity index (χ2v) is 12.7. The first kappa shape index (κ1) is 23.2. The first-order valence-electron chi connectivity index (χ1n) is 11.3. The van der Waals surface area contributed by atoms with Gasteiger partial charge in [0.05, 0.1) is 0 Å². The standard InChI is InChI=1S/C24H49N3/c1-21(2,3)18-23(6,7)27-12-11-20(17-27)22(4,5)19-24(8,9)26-15-13-25(10)14-16-26/h20H,11-19H2,1-10H3. The van der Waals surface area contributed by atoms with E-state index in [1.807, 2.05) is 0 Å². The Morgan fingerprint density at radius 3 is 1.70 bits per heavy atom. The first-order chi connectivity index (χ1) is 12.1. The Balaban J connectivity index is 1.98. The molecule has 0 spiro atoms. The summed E-state index contributed by atoms with van der Waals surface area (Å²) in [5, 5.41) is 0. The highest BCUT2D eigenvalue weighted by Gasteiger charge is 2.44. The molecule has 2 aliphatic heterocycles. The third-order valence-electron chi connectivity index (χ3n) is 7.36. The summed E-state index contributed by atoms with van der Waals surface area (Å²) in [5.74, 6) is 0.809. The highest BCUT2D eigenvalue weighted by Crippen LogP contribution is 2.44.